The average molecular weight is 423 g/mol. The number of nitrogens with zero attached hydrogens (tertiary/aromatic N) is 2. The number of hydrogen-bond acceptors (Lipinski definition) is 6. The first-order valence-corrected chi connectivity index (χ1v) is 10.2. The number of ketones is 1. The molecule has 0 atom stereocenters. The van der Waals surface area contributed by atoms with Gasteiger partial charge in [0.15, 0.2) is 5.78 Å². The van der Waals surface area contributed by atoms with Crippen molar-refractivity contribution < 1.29 is 19.4 Å². The van der Waals surface area contributed by atoms with Crippen LogP contribution in [0.15, 0.2) is 42.5 Å². The van der Waals surface area contributed by atoms with Crippen molar-refractivity contribution in [2.24, 2.45) is 0 Å². The summed E-state index contributed by atoms with van der Waals surface area (Å²) in [4.78, 5) is 17.3. The van der Waals surface area contributed by atoms with Crippen LogP contribution >= 0.6 is 0 Å². The lowest BCUT2D eigenvalue weighted by molar-refractivity contribution is 0.104. The van der Waals surface area contributed by atoms with E-state index in [-0.39, 0.29) is 22.8 Å². The molecule has 0 aliphatic carbocycles. The molecule has 2 aromatic rings. The van der Waals surface area contributed by atoms with Crippen LogP contribution in [0.5, 0.6) is 17.2 Å². The molecule has 0 bridgehead atoms. The molecule has 31 heavy (non-hydrogen) atoms. The standard InChI is InChI=1S/C25H30N2O4/c1-26(2)19-9-6-17(7-10-19)8-11-20(28)24-22(31-5)16-21(30-4)23(25(24)29)18-12-14-27(3)15-13-18/h6-12,16,29H,13-15H2,1-5H3. The lowest BCUT2D eigenvalue weighted by Gasteiger charge is -2.24. The first kappa shape index (κ1) is 22.4. The Bertz CT molecular complexity index is 1010. The predicted molar refractivity (Wildman–Crippen MR) is 125 cm³/mol. The van der Waals surface area contributed by atoms with Crippen molar-refractivity contribution in [1.82, 2.24) is 4.90 Å². The molecule has 1 heterocycles. The smallest absolute Gasteiger partial charge is 0.193 e. The number of carbonyl (C=O) groups is 1. The second-order valence-corrected chi connectivity index (χ2v) is 7.80. The highest BCUT2D eigenvalue weighted by Crippen LogP contribution is 2.44. The maximum absolute atomic E-state index is 13.1. The van der Waals surface area contributed by atoms with Crippen LogP contribution in [0.25, 0.3) is 11.6 Å². The molecule has 6 nitrogen and oxygen atoms in total. The van der Waals surface area contributed by atoms with Crippen molar-refractivity contribution in [3.63, 3.8) is 0 Å². The van der Waals surface area contributed by atoms with Crippen LogP contribution in [0.3, 0.4) is 0 Å². The molecular formula is C25H30N2O4. The van der Waals surface area contributed by atoms with Crippen LogP contribution in [-0.2, 0) is 0 Å². The highest BCUT2D eigenvalue weighted by molar-refractivity contribution is 6.11. The number of aromatic hydroxyl groups is 1. The summed E-state index contributed by atoms with van der Waals surface area (Å²) in [6, 6.07) is 9.53. The van der Waals surface area contributed by atoms with E-state index in [2.05, 4.69) is 11.0 Å². The van der Waals surface area contributed by atoms with Crippen LogP contribution in [0.2, 0.25) is 0 Å². The van der Waals surface area contributed by atoms with E-state index in [1.807, 2.05) is 50.3 Å². The molecule has 0 saturated heterocycles. The van der Waals surface area contributed by atoms with Crippen LogP contribution in [-0.4, -0.2) is 64.2 Å². The zero-order chi connectivity index (χ0) is 22.5. The predicted octanol–water partition coefficient (Wildman–Crippen LogP) is 4.09. The van der Waals surface area contributed by atoms with Crippen molar-refractivity contribution in [1.29, 1.82) is 0 Å². The van der Waals surface area contributed by atoms with Gasteiger partial charge in [-0.1, -0.05) is 24.3 Å². The summed E-state index contributed by atoms with van der Waals surface area (Å²) in [6.45, 7) is 1.64. The van der Waals surface area contributed by atoms with Gasteiger partial charge in [-0.3, -0.25) is 4.79 Å². The van der Waals surface area contributed by atoms with Gasteiger partial charge in [0, 0.05) is 38.9 Å². The topological polar surface area (TPSA) is 62.2 Å². The number of phenolic OH excluding ortho intramolecular Hbond substituents is 1. The van der Waals surface area contributed by atoms with Crippen molar-refractivity contribution in [3.8, 4) is 17.2 Å². The lowest BCUT2D eigenvalue weighted by atomic mass is 9.93. The van der Waals surface area contributed by atoms with Crippen LogP contribution in [0, 0.1) is 0 Å². The summed E-state index contributed by atoms with van der Waals surface area (Å²) in [5, 5.41) is 11.1. The number of hydrogen-bond donors (Lipinski definition) is 1. The second-order valence-electron chi connectivity index (χ2n) is 7.80. The van der Waals surface area contributed by atoms with Crippen molar-refractivity contribution in [3.05, 3.63) is 59.2 Å². The van der Waals surface area contributed by atoms with Gasteiger partial charge in [-0.25, -0.2) is 0 Å². The number of rotatable bonds is 7. The Morgan fingerprint density at radius 3 is 2.35 bits per heavy atom. The van der Waals surface area contributed by atoms with E-state index in [0.29, 0.717) is 11.3 Å². The fourth-order valence-corrected chi connectivity index (χ4v) is 3.63. The fourth-order valence-electron chi connectivity index (χ4n) is 3.63. The summed E-state index contributed by atoms with van der Waals surface area (Å²) < 4.78 is 10.9. The van der Waals surface area contributed by atoms with Gasteiger partial charge in [-0.05, 0) is 42.8 Å². The molecule has 1 aliphatic heterocycles. The molecule has 1 aliphatic rings. The molecular weight excluding hydrogens is 392 g/mol. The zero-order valence-electron chi connectivity index (χ0n) is 18.8. The number of carbonyl (C=O) groups excluding carboxylic acids is 1. The summed E-state index contributed by atoms with van der Waals surface area (Å²) >= 11 is 0. The third kappa shape index (κ3) is 4.91. The molecule has 0 aromatic heterocycles. The number of benzene rings is 2. The van der Waals surface area contributed by atoms with Gasteiger partial charge in [0.25, 0.3) is 0 Å². The maximum Gasteiger partial charge on any atom is 0.193 e. The Hall–Kier alpha value is -3.25. The molecule has 3 rings (SSSR count). The quantitative estimate of drug-likeness (QED) is 0.536. The third-order valence-corrected chi connectivity index (χ3v) is 5.48. The molecule has 1 N–H and O–H groups in total. The van der Waals surface area contributed by atoms with Gasteiger partial charge in [0.1, 0.15) is 22.8 Å². The number of allylic oxidation sites excluding steroid dienone is 1. The molecule has 6 heteroatoms. The molecule has 0 unspecified atom stereocenters. The molecule has 0 saturated carbocycles. The molecule has 0 radical (unpaired) electrons. The first-order chi connectivity index (χ1) is 14.8. The van der Waals surface area contributed by atoms with Gasteiger partial charge < -0.3 is 24.4 Å². The van der Waals surface area contributed by atoms with Crippen LogP contribution in [0.1, 0.15) is 27.9 Å². The van der Waals surface area contributed by atoms with Crippen molar-refractivity contribution in [2.45, 2.75) is 6.42 Å². The van der Waals surface area contributed by atoms with E-state index >= 15 is 0 Å². The molecule has 2 aromatic carbocycles. The van der Waals surface area contributed by atoms with E-state index in [1.54, 1.807) is 19.3 Å². The SMILES string of the molecule is COc1cc(OC)c(C2=CCN(C)CC2)c(O)c1C(=O)C=Cc1ccc(N(C)C)cc1. The first-order valence-electron chi connectivity index (χ1n) is 10.2. The largest absolute Gasteiger partial charge is 0.506 e. The number of methoxy groups -OCH3 is 2. The van der Waals surface area contributed by atoms with Gasteiger partial charge in [0.05, 0.1) is 19.8 Å². The average Bonchev–Trinajstić information content (AvgIpc) is 2.77. The Morgan fingerprint density at radius 1 is 1.13 bits per heavy atom. The molecule has 0 amide bonds. The normalized spacial score (nSPS) is 14.4. The van der Waals surface area contributed by atoms with Gasteiger partial charge in [-0.2, -0.15) is 0 Å². The minimum atomic E-state index is -0.330. The second kappa shape index (κ2) is 9.71. The van der Waals surface area contributed by atoms with Gasteiger partial charge >= 0.3 is 0 Å². The highest BCUT2D eigenvalue weighted by Gasteiger charge is 2.26. The number of ether oxygens (including phenoxy) is 2. The highest BCUT2D eigenvalue weighted by atomic mass is 16.5. The van der Waals surface area contributed by atoms with E-state index in [4.69, 9.17) is 9.47 Å². The number of anilines is 1. The molecule has 0 spiro atoms. The molecule has 164 valence electrons. The van der Waals surface area contributed by atoms with Crippen molar-refractivity contribution in [2.75, 3.05) is 53.4 Å². The van der Waals surface area contributed by atoms with E-state index in [0.717, 1.165) is 36.3 Å². The zero-order valence-corrected chi connectivity index (χ0v) is 18.8. The summed E-state index contributed by atoms with van der Waals surface area (Å²) in [7, 11) is 9.02. The minimum absolute atomic E-state index is 0.107. The number of likely N-dealkylation sites (N-methyl/N-ethyl adjacent to an activating group) is 1. The Balaban J connectivity index is 1.99. The minimum Gasteiger partial charge on any atom is -0.506 e. The van der Waals surface area contributed by atoms with E-state index in [1.165, 1.54) is 13.2 Å². The van der Waals surface area contributed by atoms with E-state index in [9.17, 15) is 9.90 Å². The Labute approximate surface area is 184 Å². The Kier molecular flexibility index (Phi) is 7.02. The maximum atomic E-state index is 13.1. The van der Waals surface area contributed by atoms with Gasteiger partial charge in [-0.15, -0.1) is 0 Å². The third-order valence-electron chi connectivity index (χ3n) is 5.48. The summed E-state index contributed by atoms with van der Waals surface area (Å²) in [5.41, 5.74) is 3.63. The van der Waals surface area contributed by atoms with Crippen LogP contribution in [0.4, 0.5) is 5.69 Å². The van der Waals surface area contributed by atoms with E-state index < -0.39 is 0 Å². The number of phenols is 1. The fraction of sp³-hybridized carbons (Fsp3) is 0.320. The molecule has 0 fully saturated rings. The lowest BCUT2D eigenvalue weighted by Crippen LogP contribution is -2.23. The summed E-state index contributed by atoms with van der Waals surface area (Å²) in [5.74, 6) is 0.335. The Morgan fingerprint density at radius 2 is 1.81 bits per heavy atom. The van der Waals surface area contributed by atoms with Crippen molar-refractivity contribution >= 4 is 23.1 Å². The van der Waals surface area contributed by atoms with Gasteiger partial charge in [0.2, 0.25) is 0 Å². The monoisotopic (exact) mass is 422 g/mol. The van der Waals surface area contributed by atoms with Crippen LogP contribution < -0.4 is 14.4 Å². The summed E-state index contributed by atoms with van der Waals surface area (Å²) in [6.07, 6.45) is 6.01.